The Bertz CT molecular complexity index is 1320. The number of ether oxygens (including phenoxy) is 1. The van der Waals surface area contributed by atoms with E-state index in [0.717, 1.165) is 50.9 Å². The van der Waals surface area contributed by atoms with Crippen LogP contribution >= 0.6 is 22.9 Å². The van der Waals surface area contributed by atoms with Gasteiger partial charge in [0, 0.05) is 67.8 Å². The molecule has 0 aliphatic carbocycles. The van der Waals surface area contributed by atoms with E-state index in [1.54, 1.807) is 41.5 Å². The molecule has 0 saturated carbocycles. The summed E-state index contributed by atoms with van der Waals surface area (Å²) in [5, 5.41) is 5.43. The maximum atomic E-state index is 13.6. The molecule has 6 rings (SSSR count). The molecule has 4 aliphatic rings. The molecule has 0 spiro atoms. The molecule has 43 heavy (non-hydrogen) atoms. The summed E-state index contributed by atoms with van der Waals surface area (Å²) in [5.74, 6) is -0.0507. The lowest BCUT2D eigenvalue weighted by atomic mass is 10.0. The number of urea groups is 1. The van der Waals surface area contributed by atoms with E-state index < -0.39 is 6.04 Å². The fourth-order valence-corrected chi connectivity index (χ4v) is 8.27. The van der Waals surface area contributed by atoms with Crippen LogP contribution in [0.2, 0.25) is 5.02 Å². The van der Waals surface area contributed by atoms with Gasteiger partial charge in [-0.2, -0.15) is 0 Å². The fourth-order valence-electron chi connectivity index (χ4n) is 7.10. The average molecular weight is 628 g/mol. The molecule has 1 N–H and O–H groups in total. The van der Waals surface area contributed by atoms with Gasteiger partial charge in [0.25, 0.3) is 5.91 Å². The van der Waals surface area contributed by atoms with Crippen LogP contribution in [0.4, 0.5) is 10.5 Å². The molecule has 1 aromatic carbocycles. The number of amides is 4. The van der Waals surface area contributed by atoms with E-state index in [0.29, 0.717) is 41.7 Å². The highest BCUT2D eigenvalue weighted by Crippen LogP contribution is 2.33. The molecule has 2 atom stereocenters. The van der Waals surface area contributed by atoms with Gasteiger partial charge in [0.2, 0.25) is 5.91 Å². The van der Waals surface area contributed by atoms with E-state index in [9.17, 15) is 14.4 Å². The maximum absolute atomic E-state index is 13.6. The molecule has 3 saturated heterocycles. The first-order valence-electron chi connectivity index (χ1n) is 15.7. The molecule has 232 valence electrons. The van der Waals surface area contributed by atoms with Crippen molar-refractivity contribution < 1.29 is 19.1 Å². The molecular weight excluding hydrogens is 586 g/mol. The third kappa shape index (κ3) is 6.57. The Balaban J connectivity index is 1.06. The Morgan fingerprint density at radius 1 is 1.02 bits per heavy atom. The van der Waals surface area contributed by atoms with E-state index in [-0.39, 0.29) is 30.5 Å². The fraction of sp³-hybridized carbons (Fsp3) is 0.594. The number of anilines is 1. The van der Waals surface area contributed by atoms with Crippen LogP contribution in [-0.4, -0.2) is 97.1 Å². The number of aryl methyl sites for hydroxylation is 1. The minimum atomic E-state index is -0.542. The van der Waals surface area contributed by atoms with Gasteiger partial charge in [0.05, 0.1) is 11.8 Å². The summed E-state index contributed by atoms with van der Waals surface area (Å²) >= 11 is 8.33. The molecule has 2 aromatic rings. The molecule has 3 fully saturated rings. The van der Waals surface area contributed by atoms with E-state index in [1.165, 1.54) is 30.8 Å². The van der Waals surface area contributed by atoms with Crippen molar-refractivity contribution in [2.24, 2.45) is 0 Å². The number of thiophene rings is 1. The lowest BCUT2D eigenvalue weighted by molar-refractivity contribution is -0.136. The van der Waals surface area contributed by atoms with Gasteiger partial charge in [-0.25, -0.2) is 4.79 Å². The van der Waals surface area contributed by atoms with Gasteiger partial charge >= 0.3 is 6.03 Å². The minimum absolute atomic E-state index is 0.0118. The zero-order valence-corrected chi connectivity index (χ0v) is 26.5. The van der Waals surface area contributed by atoms with E-state index in [2.05, 4.69) is 10.2 Å². The van der Waals surface area contributed by atoms with E-state index in [1.807, 2.05) is 21.2 Å². The van der Waals surface area contributed by atoms with Crippen LogP contribution in [0.3, 0.4) is 0 Å². The van der Waals surface area contributed by atoms with Crippen molar-refractivity contribution in [2.75, 3.05) is 51.3 Å². The van der Waals surface area contributed by atoms with Crippen LogP contribution in [0.15, 0.2) is 29.6 Å². The monoisotopic (exact) mass is 627 g/mol. The standard InChI is InChI=1S/C32H42ClN5O4S/c1-42-25-19-28(31(40)36-15-9-24(10-16-36)35-12-4-5-13-35)38(21-25)32(41)34-20-23-8-7-22(18-26(23)33)30(39)37-14-3-2-6-29-27(37)11-17-43-29/h7-8,11,17-18,24-25,28H,2-6,9-10,12-16,19-21H2,1H3,(H,34,41)/t25?,28-/m1/s1. The van der Waals surface area contributed by atoms with Crippen molar-refractivity contribution in [3.63, 3.8) is 0 Å². The number of hydrogen-bond acceptors (Lipinski definition) is 6. The van der Waals surface area contributed by atoms with E-state index >= 15 is 0 Å². The first-order valence-corrected chi connectivity index (χ1v) is 17.0. The SMILES string of the molecule is COC1C[C@H](C(=O)N2CCC(N3CCCC3)CC2)N(C(=O)NCc2ccc(C(=O)N3CCCCc4sccc43)cc2Cl)C1. The summed E-state index contributed by atoms with van der Waals surface area (Å²) in [7, 11) is 1.63. The van der Waals surface area contributed by atoms with Crippen molar-refractivity contribution in [2.45, 2.75) is 76.1 Å². The second-order valence-electron chi connectivity index (χ2n) is 12.2. The molecule has 0 bridgehead atoms. The minimum Gasteiger partial charge on any atom is -0.380 e. The molecule has 1 aromatic heterocycles. The van der Waals surface area contributed by atoms with Crippen LogP contribution in [0.25, 0.3) is 0 Å². The van der Waals surface area contributed by atoms with E-state index in [4.69, 9.17) is 16.3 Å². The summed E-state index contributed by atoms with van der Waals surface area (Å²) in [6.07, 6.45) is 7.87. The van der Waals surface area contributed by atoms with Crippen LogP contribution < -0.4 is 10.2 Å². The Morgan fingerprint density at radius 3 is 2.53 bits per heavy atom. The number of nitrogens with zero attached hydrogens (tertiary/aromatic N) is 4. The molecule has 4 aliphatic heterocycles. The molecule has 4 amide bonds. The number of rotatable bonds is 6. The zero-order valence-electron chi connectivity index (χ0n) is 24.9. The normalized spacial score (nSPS) is 23.3. The van der Waals surface area contributed by atoms with Gasteiger partial charge in [-0.05, 0) is 87.2 Å². The third-order valence-electron chi connectivity index (χ3n) is 9.60. The number of halogens is 1. The first-order chi connectivity index (χ1) is 20.9. The lowest BCUT2D eigenvalue weighted by Gasteiger charge is -2.38. The highest BCUT2D eigenvalue weighted by Gasteiger charge is 2.42. The summed E-state index contributed by atoms with van der Waals surface area (Å²) in [6, 6.07) is 7.01. The predicted molar refractivity (Wildman–Crippen MR) is 169 cm³/mol. The number of carbonyl (C=O) groups excluding carboxylic acids is 3. The molecular formula is C32H42ClN5O4S. The number of hydrogen-bond donors (Lipinski definition) is 1. The number of methoxy groups -OCH3 is 1. The van der Waals surface area contributed by atoms with Gasteiger partial charge in [0.1, 0.15) is 6.04 Å². The van der Waals surface area contributed by atoms with Gasteiger partial charge < -0.3 is 29.7 Å². The van der Waals surface area contributed by atoms with Gasteiger partial charge in [-0.3, -0.25) is 9.59 Å². The van der Waals surface area contributed by atoms with Gasteiger partial charge in [-0.15, -0.1) is 11.3 Å². The van der Waals surface area contributed by atoms with Crippen molar-refractivity contribution >= 4 is 46.5 Å². The summed E-state index contributed by atoms with van der Waals surface area (Å²) in [5.41, 5.74) is 2.24. The first kappa shape index (κ1) is 30.4. The lowest BCUT2D eigenvalue weighted by Crippen LogP contribution is -2.53. The largest absolute Gasteiger partial charge is 0.380 e. The van der Waals surface area contributed by atoms with Gasteiger partial charge in [-0.1, -0.05) is 17.7 Å². The molecule has 1 unspecified atom stereocenters. The van der Waals surface area contributed by atoms with Crippen molar-refractivity contribution in [3.8, 4) is 0 Å². The molecule has 0 radical (unpaired) electrons. The Kier molecular flexibility index (Phi) is 9.57. The van der Waals surface area contributed by atoms with Crippen LogP contribution in [0.5, 0.6) is 0 Å². The van der Waals surface area contributed by atoms with Crippen LogP contribution in [-0.2, 0) is 22.5 Å². The number of nitrogens with one attached hydrogen (secondary N) is 1. The molecule has 5 heterocycles. The summed E-state index contributed by atoms with van der Waals surface area (Å²) in [4.78, 5) is 49.7. The number of likely N-dealkylation sites (tertiary alicyclic amines) is 3. The summed E-state index contributed by atoms with van der Waals surface area (Å²) in [6.45, 7) is 5.05. The smallest absolute Gasteiger partial charge is 0.318 e. The Morgan fingerprint density at radius 2 is 1.79 bits per heavy atom. The number of fused-ring (bicyclic) bond motifs is 1. The maximum Gasteiger partial charge on any atom is 0.318 e. The zero-order chi connectivity index (χ0) is 29.9. The highest BCUT2D eigenvalue weighted by molar-refractivity contribution is 7.10. The number of carbonyl (C=O) groups is 3. The quantitative estimate of drug-likeness (QED) is 0.499. The topological polar surface area (TPSA) is 85.4 Å². The van der Waals surface area contributed by atoms with Crippen molar-refractivity contribution in [3.05, 3.63) is 50.7 Å². The van der Waals surface area contributed by atoms with Crippen LogP contribution in [0.1, 0.15) is 65.7 Å². The molecule has 9 nitrogen and oxygen atoms in total. The second kappa shape index (κ2) is 13.5. The van der Waals surface area contributed by atoms with Crippen LogP contribution in [0, 0.1) is 0 Å². The summed E-state index contributed by atoms with van der Waals surface area (Å²) < 4.78 is 5.58. The average Bonchev–Trinajstić information content (AvgIpc) is 3.80. The van der Waals surface area contributed by atoms with Crippen molar-refractivity contribution in [1.29, 1.82) is 0 Å². The molecule has 11 heteroatoms. The van der Waals surface area contributed by atoms with Crippen molar-refractivity contribution in [1.82, 2.24) is 20.0 Å². The third-order valence-corrected chi connectivity index (χ3v) is 10.9. The Hall–Kier alpha value is -2.66. The predicted octanol–water partition coefficient (Wildman–Crippen LogP) is 4.77. The van der Waals surface area contributed by atoms with Gasteiger partial charge in [0.15, 0.2) is 0 Å². The second-order valence-corrected chi connectivity index (χ2v) is 13.6. The Labute approximate surface area is 263 Å². The highest BCUT2D eigenvalue weighted by atomic mass is 35.5. The number of piperidine rings is 1. The number of benzene rings is 1.